The fourth-order valence-electron chi connectivity index (χ4n) is 5.61. The molecule has 204 valence electrons. The SMILES string of the molecule is CC(=O)O[C@@H](C)C(=O)N1CCN2[C@H](CN(C(=O)OC(C)(C)C)C[C@H]2C(c2ccccc2)c2ccccc2)C1. The summed E-state index contributed by atoms with van der Waals surface area (Å²) >= 11 is 0. The van der Waals surface area contributed by atoms with Gasteiger partial charge in [0.25, 0.3) is 5.91 Å². The van der Waals surface area contributed by atoms with Crippen LogP contribution < -0.4 is 0 Å². The number of fused-ring (bicyclic) bond motifs is 1. The predicted molar refractivity (Wildman–Crippen MR) is 145 cm³/mol. The van der Waals surface area contributed by atoms with Crippen LogP contribution >= 0.6 is 0 Å². The van der Waals surface area contributed by atoms with Crippen LogP contribution in [0.2, 0.25) is 0 Å². The van der Waals surface area contributed by atoms with Crippen LogP contribution in [0.5, 0.6) is 0 Å². The predicted octanol–water partition coefficient (Wildman–Crippen LogP) is 3.90. The molecule has 0 saturated carbocycles. The summed E-state index contributed by atoms with van der Waals surface area (Å²) in [4.78, 5) is 43.8. The molecule has 4 rings (SSSR count). The highest BCUT2D eigenvalue weighted by atomic mass is 16.6. The molecule has 0 aromatic heterocycles. The molecule has 3 atom stereocenters. The van der Waals surface area contributed by atoms with Crippen LogP contribution in [0.15, 0.2) is 60.7 Å². The van der Waals surface area contributed by atoms with Gasteiger partial charge in [-0.1, -0.05) is 60.7 Å². The number of nitrogens with zero attached hydrogens (tertiary/aromatic N) is 3. The van der Waals surface area contributed by atoms with Crippen LogP contribution in [-0.4, -0.2) is 89.2 Å². The van der Waals surface area contributed by atoms with Gasteiger partial charge in [-0.05, 0) is 38.8 Å². The van der Waals surface area contributed by atoms with Crippen molar-refractivity contribution in [3.8, 4) is 0 Å². The van der Waals surface area contributed by atoms with E-state index in [4.69, 9.17) is 9.47 Å². The van der Waals surface area contributed by atoms with E-state index in [1.54, 1.807) is 16.7 Å². The molecule has 2 heterocycles. The fourth-order valence-corrected chi connectivity index (χ4v) is 5.61. The number of carbonyl (C=O) groups excluding carboxylic acids is 3. The first-order chi connectivity index (χ1) is 18.0. The lowest BCUT2D eigenvalue weighted by Crippen LogP contribution is -2.68. The Morgan fingerprint density at radius 3 is 1.92 bits per heavy atom. The average molecular weight is 522 g/mol. The van der Waals surface area contributed by atoms with Crippen molar-refractivity contribution < 1.29 is 23.9 Å². The van der Waals surface area contributed by atoms with E-state index >= 15 is 0 Å². The first-order valence-corrected chi connectivity index (χ1v) is 13.3. The Morgan fingerprint density at radius 1 is 0.842 bits per heavy atom. The van der Waals surface area contributed by atoms with E-state index in [0.717, 1.165) is 0 Å². The number of piperazine rings is 2. The molecular formula is C30H39N3O5. The number of hydrogen-bond donors (Lipinski definition) is 0. The number of ether oxygens (including phenoxy) is 2. The molecule has 2 aromatic carbocycles. The van der Waals surface area contributed by atoms with Gasteiger partial charge in [0.05, 0.1) is 0 Å². The van der Waals surface area contributed by atoms with E-state index in [-0.39, 0.29) is 30.0 Å². The minimum absolute atomic E-state index is 0.0192. The normalized spacial score (nSPS) is 21.0. The van der Waals surface area contributed by atoms with Crippen LogP contribution in [0, 0.1) is 0 Å². The highest BCUT2D eigenvalue weighted by Crippen LogP contribution is 2.36. The van der Waals surface area contributed by atoms with Crippen LogP contribution in [0.4, 0.5) is 4.79 Å². The van der Waals surface area contributed by atoms with Crippen LogP contribution in [0.1, 0.15) is 51.7 Å². The minimum Gasteiger partial charge on any atom is -0.453 e. The molecule has 2 fully saturated rings. The second-order valence-electron chi connectivity index (χ2n) is 11.2. The van der Waals surface area contributed by atoms with Crippen molar-refractivity contribution in [1.82, 2.24) is 14.7 Å². The summed E-state index contributed by atoms with van der Waals surface area (Å²) in [5.74, 6) is -0.673. The van der Waals surface area contributed by atoms with E-state index in [0.29, 0.717) is 32.7 Å². The van der Waals surface area contributed by atoms with Crippen molar-refractivity contribution in [2.75, 3.05) is 32.7 Å². The lowest BCUT2D eigenvalue weighted by Gasteiger charge is -2.53. The molecule has 8 nitrogen and oxygen atoms in total. The summed E-state index contributed by atoms with van der Waals surface area (Å²) in [6.07, 6.45) is -1.19. The second kappa shape index (κ2) is 11.6. The summed E-state index contributed by atoms with van der Waals surface area (Å²) in [5.41, 5.74) is 1.74. The van der Waals surface area contributed by atoms with Gasteiger partial charge in [0, 0.05) is 57.6 Å². The quantitative estimate of drug-likeness (QED) is 0.556. The number of amides is 2. The van der Waals surface area contributed by atoms with Crippen molar-refractivity contribution in [2.45, 2.75) is 64.3 Å². The molecule has 2 amide bonds. The monoisotopic (exact) mass is 521 g/mol. The highest BCUT2D eigenvalue weighted by Gasteiger charge is 2.45. The third-order valence-corrected chi connectivity index (χ3v) is 7.15. The van der Waals surface area contributed by atoms with Gasteiger partial charge in [0.15, 0.2) is 6.10 Å². The zero-order chi connectivity index (χ0) is 27.4. The van der Waals surface area contributed by atoms with Crippen molar-refractivity contribution in [1.29, 1.82) is 0 Å². The summed E-state index contributed by atoms with van der Waals surface area (Å²) < 4.78 is 10.9. The van der Waals surface area contributed by atoms with E-state index in [1.807, 2.05) is 57.2 Å². The molecule has 0 bridgehead atoms. The van der Waals surface area contributed by atoms with Gasteiger partial charge >= 0.3 is 12.1 Å². The van der Waals surface area contributed by atoms with Crippen LogP contribution in [-0.2, 0) is 19.1 Å². The summed E-state index contributed by atoms with van der Waals surface area (Å²) in [5, 5.41) is 0. The molecule has 0 aliphatic carbocycles. The molecule has 0 N–H and O–H groups in total. The molecule has 0 unspecified atom stereocenters. The largest absolute Gasteiger partial charge is 0.453 e. The molecule has 2 aliphatic rings. The first kappa shape index (κ1) is 27.6. The van der Waals surface area contributed by atoms with Crippen molar-refractivity contribution in [3.63, 3.8) is 0 Å². The molecule has 2 aliphatic heterocycles. The molecular weight excluding hydrogens is 482 g/mol. The van der Waals surface area contributed by atoms with Gasteiger partial charge in [0.2, 0.25) is 0 Å². The van der Waals surface area contributed by atoms with Gasteiger partial charge in [0.1, 0.15) is 5.60 Å². The third kappa shape index (κ3) is 6.54. The molecule has 2 aromatic rings. The maximum Gasteiger partial charge on any atom is 0.410 e. The third-order valence-electron chi connectivity index (χ3n) is 7.15. The Kier molecular flexibility index (Phi) is 8.41. The number of hydrogen-bond acceptors (Lipinski definition) is 6. The first-order valence-electron chi connectivity index (χ1n) is 13.3. The van der Waals surface area contributed by atoms with Gasteiger partial charge < -0.3 is 19.3 Å². The standard InChI is InChI=1S/C30H39N3O5/c1-21(37-22(2)34)28(35)31-16-17-33-25(18-31)19-32(29(36)38-30(3,4)5)20-26(33)27(23-12-8-6-9-13-23)24-14-10-7-11-15-24/h6-15,21,25-27H,16-20H2,1-5H3/t21-,25-,26-/m0/s1. The molecule has 0 spiro atoms. The van der Waals surface area contributed by atoms with Crippen LogP contribution in [0.25, 0.3) is 0 Å². The lowest BCUT2D eigenvalue weighted by molar-refractivity contribution is -0.159. The Bertz CT molecular complexity index is 1080. The van der Waals surface area contributed by atoms with E-state index in [2.05, 4.69) is 29.2 Å². The number of rotatable bonds is 5. The Labute approximate surface area is 225 Å². The van der Waals surface area contributed by atoms with Crippen molar-refractivity contribution in [3.05, 3.63) is 71.8 Å². The van der Waals surface area contributed by atoms with E-state index < -0.39 is 17.7 Å². The Balaban J connectivity index is 1.67. The topological polar surface area (TPSA) is 79.4 Å². The Morgan fingerprint density at radius 2 is 1.39 bits per heavy atom. The summed E-state index contributed by atoms with van der Waals surface area (Å²) in [6, 6.07) is 20.7. The van der Waals surface area contributed by atoms with E-state index in [9.17, 15) is 14.4 Å². The highest BCUT2D eigenvalue weighted by molar-refractivity contribution is 5.83. The average Bonchev–Trinajstić information content (AvgIpc) is 2.87. The number of benzene rings is 2. The molecule has 8 heteroatoms. The van der Waals surface area contributed by atoms with Crippen molar-refractivity contribution >= 4 is 18.0 Å². The smallest absolute Gasteiger partial charge is 0.410 e. The molecule has 0 radical (unpaired) electrons. The van der Waals surface area contributed by atoms with Crippen molar-refractivity contribution in [2.24, 2.45) is 0 Å². The second-order valence-corrected chi connectivity index (χ2v) is 11.2. The summed E-state index contributed by atoms with van der Waals surface area (Å²) in [6.45, 7) is 11.1. The zero-order valence-electron chi connectivity index (χ0n) is 23.0. The van der Waals surface area contributed by atoms with Gasteiger partial charge in [-0.2, -0.15) is 0 Å². The molecule has 38 heavy (non-hydrogen) atoms. The van der Waals surface area contributed by atoms with Gasteiger partial charge in [-0.15, -0.1) is 0 Å². The maximum absolute atomic E-state index is 13.3. The lowest BCUT2D eigenvalue weighted by atomic mass is 9.81. The summed E-state index contributed by atoms with van der Waals surface area (Å²) in [7, 11) is 0. The van der Waals surface area contributed by atoms with E-state index in [1.165, 1.54) is 18.1 Å². The van der Waals surface area contributed by atoms with Gasteiger partial charge in [-0.3, -0.25) is 14.5 Å². The maximum atomic E-state index is 13.3. The number of carbonyl (C=O) groups is 3. The number of esters is 1. The zero-order valence-corrected chi connectivity index (χ0v) is 23.0. The Hall–Kier alpha value is -3.39. The minimum atomic E-state index is -0.846. The molecule has 2 saturated heterocycles. The van der Waals surface area contributed by atoms with Gasteiger partial charge in [-0.25, -0.2) is 4.79 Å². The fraction of sp³-hybridized carbons (Fsp3) is 0.500. The van der Waals surface area contributed by atoms with Crippen LogP contribution in [0.3, 0.4) is 0 Å².